The Bertz CT molecular complexity index is 2900. The number of hydrogen-bond acceptors (Lipinski definition) is 16. The third-order valence-corrected chi connectivity index (χ3v) is 14.9. The number of piperazine rings is 1. The van der Waals surface area contributed by atoms with E-state index >= 15 is 0 Å². The fourth-order valence-electron chi connectivity index (χ4n) is 9.23. The van der Waals surface area contributed by atoms with Crippen molar-refractivity contribution >= 4 is 45.9 Å². The van der Waals surface area contributed by atoms with Gasteiger partial charge >= 0.3 is 6.03 Å². The number of benzene rings is 4. The van der Waals surface area contributed by atoms with Gasteiger partial charge in [-0.15, -0.1) is 16.4 Å². The normalized spacial score (nSPS) is 13.8. The highest BCUT2D eigenvalue weighted by atomic mass is 32.1. The van der Waals surface area contributed by atoms with E-state index in [1.807, 2.05) is 84.9 Å². The van der Waals surface area contributed by atoms with Crippen molar-refractivity contribution in [1.82, 2.24) is 44.9 Å². The van der Waals surface area contributed by atoms with Gasteiger partial charge in [-0.25, -0.2) is 14.5 Å². The van der Waals surface area contributed by atoms with Crippen LogP contribution in [0.25, 0.3) is 0 Å². The van der Waals surface area contributed by atoms with E-state index in [1.54, 1.807) is 51.4 Å². The largest absolute Gasteiger partial charge is 0.508 e. The van der Waals surface area contributed by atoms with Crippen LogP contribution in [0, 0.1) is 0 Å². The zero-order valence-electron chi connectivity index (χ0n) is 47.7. The number of aryl methyl sites for hydroxylation is 1. The molecule has 1 saturated carbocycles. The highest BCUT2D eigenvalue weighted by Crippen LogP contribution is 2.36. The molecule has 0 bridgehead atoms. The molecule has 444 valence electrons. The standard InChI is InChI=1S/C61H79N11O10S/c1-68(27-6-7-34-81-54-21-13-48(14-22-54)58(59(76)62-43-47-8-4-3-5-9-47)72(52-17-18-52)56(74)25-12-46-10-19-53(73)20-11-46)32-36-79-39-38-78-35-26-50-44-71(67-66-50)33-37-80-40-41-82-55-23-15-49(16-24-55)63-60(77)65-61-64-51(45-83-61)42-57(75)70-30-28-69(2)29-31-70/h3-5,8-11,13-16,19-24,44-45,52,58,73H,6-7,12,17-18,25-43H2,1-2H3,(H,62,76)(H2,63,64,65,77). The number of nitrogens with zero attached hydrogens (tertiary/aromatic N) is 8. The molecule has 6 aromatic rings. The molecule has 2 aliphatic rings. The Morgan fingerprint density at radius 1 is 0.723 bits per heavy atom. The Morgan fingerprint density at radius 2 is 1.42 bits per heavy atom. The molecule has 22 heteroatoms. The molecule has 4 aromatic carbocycles. The maximum absolute atomic E-state index is 14.0. The van der Waals surface area contributed by atoms with Gasteiger partial charge in [-0.1, -0.05) is 59.8 Å². The summed E-state index contributed by atoms with van der Waals surface area (Å²) >= 11 is 1.28. The smallest absolute Gasteiger partial charge is 0.325 e. The lowest BCUT2D eigenvalue weighted by Gasteiger charge is -2.32. The number of carbonyl (C=O) groups excluding carboxylic acids is 4. The van der Waals surface area contributed by atoms with Crippen LogP contribution in [0.1, 0.15) is 66.2 Å². The van der Waals surface area contributed by atoms with Crippen LogP contribution in [0.4, 0.5) is 15.6 Å². The SMILES string of the molecule is CN(CCCCOc1ccc(C(C(=O)NCc2ccccc2)N(C(=O)CCc2ccc(O)cc2)C2CC2)cc1)CCOCCOCCc1cn(CCOCCOc2ccc(NC(=O)Nc3nc(CC(=O)N4CCN(C)CC4)cs3)cc2)nn1. The van der Waals surface area contributed by atoms with Crippen molar-refractivity contribution in [3.05, 3.63) is 143 Å². The number of likely N-dealkylation sites (N-methyl/N-ethyl adjacent to an activating group) is 2. The molecule has 2 aromatic heterocycles. The van der Waals surface area contributed by atoms with E-state index in [4.69, 9.17) is 23.7 Å². The van der Waals surface area contributed by atoms with Crippen molar-refractivity contribution < 1.29 is 48.0 Å². The van der Waals surface area contributed by atoms with E-state index < -0.39 is 12.1 Å². The summed E-state index contributed by atoms with van der Waals surface area (Å²) in [5.41, 5.74) is 4.74. The lowest BCUT2D eigenvalue weighted by Crippen LogP contribution is -2.47. The minimum atomic E-state index is -0.779. The molecule has 1 aliphatic heterocycles. The van der Waals surface area contributed by atoms with Crippen LogP contribution in [-0.2, 0) is 60.9 Å². The van der Waals surface area contributed by atoms with Crippen LogP contribution in [0.2, 0.25) is 0 Å². The highest BCUT2D eigenvalue weighted by Gasteiger charge is 2.41. The number of nitrogens with one attached hydrogen (secondary N) is 3. The van der Waals surface area contributed by atoms with Gasteiger partial charge in [0.15, 0.2) is 5.13 Å². The average Bonchev–Trinajstić information content (AvgIpc) is 4.14. The predicted molar refractivity (Wildman–Crippen MR) is 317 cm³/mol. The van der Waals surface area contributed by atoms with Crippen LogP contribution < -0.4 is 25.4 Å². The average molecular weight is 1160 g/mol. The fraction of sp³-hybridized carbons (Fsp3) is 0.459. The Labute approximate surface area is 490 Å². The number of phenols is 1. The molecule has 21 nitrogen and oxygen atoms in total. The van der Waals surface area contributed by atoms with E-state index in [0.717, 1.165) is 74.2 Å². The minimum Gasteiger partial charge on any atom is -0.508 e. The molecule has 83 heavy (non-hydrogen) atoms. The van der Waals surface area contributed by atoms with Crippen LogP contribution >= 0.6 is 11.3 Å². The van der Waals surface area contributed by atoms with E-state index in [2.05, 4.69) is 48.1 Å². The Kier molecular flexibility index (Phi) is 24.5. The van der Waals surface area contributed by atoms with Crippen molar-refractivity contribution in [2.75, 3.05) is 117 Å². The summed E-state index contributed by atoms with van der Waals surface area (Å²) in [4.78, 5) is 65.6. The summed E-state index contributed by atoms with van der Waals surface area (Å²) in [6, 6.07) is 30.0. The molecule has 3 heterocycles. The van der Waals surface area contributed by atoms with Crippen molar-refractivity contribution in [2.45, 2.75) is 76.5 Å². The highest BCUT2D eigenvalue weighted by molar-refractivity contribution is 7.14. The molecule has 4 N–H and O–H groups in total. The number of phenolic OH excluding ortho intramolecular Hbond substituents is 1. The van der Waals surface area contributed by atoms with Gasteiger partial charge in [-0.05, 0) is 118 Å². The number of amides is 5. The number of aromatic hydroxyl groups is 1. The van der Waals surface area contributed by atoms with E-state index in [9.17, 15) is 24.3 Å². The van der Waals surface area contributed by atoms with Gasteiger partial charge in [0.25, 0.3) is 0 Å². The van der Waals surface area contributed by atoms with Crippen molar-refractivity contribution in [2.24, 2.45) is 0 Å². The predicted octanol–water partition coefficient (Wildman–Crippen LogP) is 6.84. The van der Waals surface area contributed by atoms with Crippen molar-refractivity contribution in [1.29, 1.82) is 0 Å². The van der Waals surface area contributed by atoms with E-state index in [1.165, 1.54) is 11.3 Å². The molecule has 2 fully saturated rings. The quantitative estimate of drug-likeness (QED) is 0.0299. The first-order valence-electron chi connectivity index (χ1n) is 28.7. The first-order valence-corrected chi connectivity index (χ1v) is 29.5. The fourth-order valence-corrected chi connectivity index (χ4v) is 9.93. The second-order valence-corrected chi connectivity index (χ2v) is 21.6. The monoisotopic (exact) mass is 1160 g/mol. The number of anilines is 2. The third-order valence-electron chi connectivity index (χ3n) is 14.1. The molecular weight excluding hydrogens is 1080 g/mol. The number of rotatable bonds is 35. The Morgan fingerprint density at radius 3 is 2.17 bits per heavy atom. The van der Waals surface area contributed by atoms with Gasteiger partial charge in [0.1, 0.15) is 29.9 Å². The molecule has 1 unspecified atom stereocenters. The second kappa shape index (κ2) is 33.0. The van der Waals surface area contributed by atoms with Gasteiger partial charge in [-0.2, -0.15) is 0 Å². The van der Waals surface area contributed by atoms with Crippen LogP contribution in [0.3, 0.4) is 0 Å². The lowest BCUT2D eigenvalue weighted by molar-refractivity contribution is -0.141. The third kappa shape index (κ3) is 21.3. The number of thiazole rings is 1. The Balaban J connectivity index is 0.621. The van der Waals surface area contributed by atoms with Crippen LogP contribution in [0.5, 0.6) is 17.2 Å². The summed E-state index contributed by atoms with van der Waals surface area (Å²) in [5, 5.41) is 29.0. The number of unbranched alkanes of at least 4 members (excludes halogenated alkanes) is 1. The summed E-state index contributed by atoms with van der Waals surface area (Å²) in [5.74, 6) is 1.29. The van der Waals surface area contributed by atoms with Crippen LogP contribution in [-0.4, -0.2) is 181 Å². The molecule has 1 aliphatic carbocycles. The van der Waals surface area contributed by atoms with Gasteiger partial charge in [0, 0.05) is 75.4 Å². The molecule has 8 rings (SSSR count). The molecule has 1 atom stereocenters. The zero-order valence-corrected chi connectivity index (χ0v) is 48.5. The maximum atomic E-state index is 14.0. The minimum absolute atomic E-state index is 0.00223. The van der Waals surface area contributed by atoms with Crippen molar-refractivity contribution in [3.63, 3.8) is 0 Å². The molecular formula is C61H79N11O10S. The van der Waals surface area contributed by atoms with Crippen LogP contribution in [0.15, 0.2) is 115 Å². The van der Waals surface area contributed by atoms with Gasteiger partial charge < -0.3 is 59.0 Å². The Hall–Kier alpha value is -7.47. The lowest BCUT2D eigenvalue weighted by atomic mass is 10.0. The molecule has 5 amide bonds. The zero-order chi connectivity index (χ0) is 58.0. The topological polar surface area (TPSA) is 227 Å². The summed E-state index contributed by atoms with van der Waals surface area (Å²) in [6.07, 6.45) is 7.06. The number of aromatic nitrogens is 4. The summed E-state index contributed by atoms with van der Waals surface area (Å²) in [6.45, 7) is 9.62. The maximum Gasteiger partial charge on any atom is 0.325 e. The second-order valence-electron chi connectivity index (χ2n) is 20.7. The summed E-state index contributed by atoms with van der Waals surface area (Å²) < 4.78 is 31.0. The summed E-state index contributed by atoms with van der Waals surface area (Å²) in [7, 11) is 4.13. The first kappa shape index (κ1) is 61.6. The van der Waals surface area contributed by atoms with Gasteiger partial charge in [-0.3, -0.25) is 19.7 Å². The van der Waals surface area contributed by atoms with E-state index in [0.29, 0.717) is 120 Å². The van der Waals surface area contributed by atoms with Gasteiger partial charge in [0.05, 0.1) is 70.6 Å². The molecule has 1 saturated heterocycles. The number of hydrogen-bond donors (Lipinski definition) is 4. The number of ether oxygens (including phenoxy) is 5. The number of urea groups is 1. The number of carbonyl (C=O) groups is 4. The van der Waals surface area contributed by atoms with E-state index in [-0.39, 0.29) is 42.4 Å². The van der Waals surface area contributed by atoms with Gasteiger partial charge in [0.2, 0.25) is 17.7 Å². The van der Waals surface area contributed by atoms with Crippen molar-refractivity contribution in [3.8, 4) is 17.2 Å². The molecule has 0 spiro atoms. The first-order chi connectivity index (χ1) is 40.5. The molecule has 0 radical (unpaired) electrons.